The van der Waals surface area contributed by atoms with Crippen LogP contribution in [0.15, 0.2) is 4.52 Å². The van der Waals surface area contributed by atoms with Gasteiger partial charge in [-0.25, -0.2) is 0 Å². The van der Waals surface area contributed by atoms with Gasteiger partial charge in [-0.1, -0.05) is 5.16 Å². The minimum atomic E-state index is 0.340. The smallest absolute Gasteiger partial charge is 0.227 e. The van der Waals surface area contributed by atoms with Gasteiger partial charge in [-0.2, -0.15) is 4.98 Å². The first-order valence-corrected chi connectivity index (χ1v) is 5.97. The highest BCUT2D eigenvalue weighted by Gasteiger charge is 2.08. The number of rotatable bonds is 9. The fourth-order valence-electron chi connectivity index (χ4n) is 1.63. The van der Waals surface area contributed by atoms with Gasteiger partial charge in [-0.05, 0) is 26.3 Å². The van der Waals surface area contributed by atoms with E-state index in [9.17, 15) is 0 Å². The van der Waals surface area contributed by atoms with Crippen LogP contribution in [0.25, 0.3) is 0 Å². The molecule has 1 heterocycles. The van der Waals surface area contributed by atoms with E-state index >= 15 is 0 Å². The number of methoxy groups -OCH3 is 1. The summed E-state index contributed by atoms with van der Waals surface area (Å²) in [4.78, 5) is 4.15. The van der Waals surface area contributed by atoms with Crippen LogP contribution in [0.3, 0.4) is 0 Å². The largest absolute Gasteiger partial charge is 0.383 e. The lowest BCUT2D eigenvalue weighted by atomic mass is 10.1. The minimum Gasteiger partial charge on any atom is -0.383 e. The van der Waals surface area contributed by atoms with E-state index in [1.165, 1.54) is 0 Å². The van der Waals surface area contributed by atoms with E-state index in [1.807, 2.05) is 6.92 Å². The summed E-state index contributed by atoms with van der Waals surface area (Å²) >= 11 is 0. The van der Waals surface area contributed by atoms with Gasteiger partial charge in [0, 0.05) is 26.1 Å². The summed E-state index contributed by atoms with van der Waals surface area (Å²) in [6, 6.07) is 0.340. The van der Waals surface area contributed by atoms with Crippen molar-refractivity contribution in [3.05, 3.63) is 11.7 Å². The van der Waals surface area contributed by atoms with Gasteiger partial charge >= 0.3 is 0 Å². The Morgan fingerprint density at radius 1 is 1.53 bits per heavy atom. The average molecular weight is 242 g/mol. The summed E-state index contributed by atoms with van der Waals surface area (Å²) < 4.78 is 10.2. The highest BCUT2D eigenvalue weighted by atomic mass is 16.5. The number of aromatic nitrogens is 2. The van der Waals surface area contributed by atoms with Crippen LogP contribution in [0.1, 0.15) is 24.6 Å². The Bertz CT molecular complexity index is 303. The fourth-order valence-corrected chi connectivity index (χ4v) is 1.63. The normalized spacial score (nSPS) is 12.9. The summed E-state index contributed by atoms with van der Waals surface area (Å²) in [7, 11) is 1.71. The van der Waals surface area contributed by atoms with E-state index in [0.29, 0.717) is 30.9 Å². The SMILES string of the molecule is COCC(CCCN)NCCc1nc(C)no1. The zero-order valence-corrected chi connectivity index (χ0v) is 10.6. The number of aryl methyl sites for hydroxylation is 1. The van der Waals surface area contributed by atoms with E-state index < -0.39 is 0 Å². The van der Waals surface area contributed by atoms with E-state index in [4.69, 9.17) is 15.0 Å². The molecule has 98 valence electrons. The van der Waals surface area contributed by atoms with Crippen molar-refractivity contribution < 1.29 is 9.26 Å². The third kappa shape index (κ3) is 5.76. The van der Waals surface area contributed by atoms with Gasteiger partial charge in [0.25, 0.3) is 0 Å². The molecule has 1 aromatic heterocycles. The lowest BCUT2D eigenvalue weighted by Crippen LogP contribution is -2.35. The molecule has 0 spiro atoms. The van der Waals surface area contributed by atoms with Crippen molar-refractivity contribution in [1.29, 1.82) is 0 Å². The van der Waals surface area contributed by atoms with E-state index in [-0.39, 0.29) is 0 Å². The molecule has 0 aliphatic heterocycles. The maximum Gasteiger partial charge on any atom is 0.227 e. The lowest BCUT2D eigenvalue weighted by Gasteiger charge is -2.16. The number of hydrogen-bond acceptors (Lipinski definition) is 6. The third-order valence-electron chi connectivity index (χ3n) is 2.47. The van der Waals surface area contributed by atoms with E-state index in [0.717, 1.165) is 25.8 Å². The second-order valence-electron chi connectivity index (χ2n) is 4.02. The van der Waals surface area contributed by atoms with Crippen LogP contribution in [-0.4, -0.2) is 43.0 Å². The number of nitrogens with one attached hydrogen (secondary N) is 1. The first-order chi connectivity index (χ1) is 8.26. The van der Waals surface area contributed by atoms with Crippen LogP contribution in [0.5, 0.6) is 0 Å². The molecular weight excluding hydrogens is 220 g/mol. The molecule has 0 aliphatic carbocycles. The van der Waals surface area contributed by atoms with Gasteiger partial charge in [0.05, 0.1) is 6.61 Å². The standard InChI is InChI=1S/C11H22N4O2/c1-9-14-11(17-15-9)5-7-13-10(8-16-2)4-3-6-12/h10,13H,3-8,12H2,1-2H3. The monoisotopic (exact) mass is 242 g/mol. The molecule has 6 heteroatoms. The molecule has 1 rings (SSSR count). The molecule has 0 bridgehead atoms. The molecule has 0 fully saturated rings. The topological polar surface area (TPSA) is 86.2 Å². The lowest BCUT2D eigenvalue weighted by molar-refractivity contribution is 0.161. The van der Waals surface area contributed by atoms with Crippen molar-refractivity contribution in [3.63, 3.8) is 0 Å². The van der Waals surface area contributed by atoms with Gasteiger partial charge in [0.1, 0.15) is 0 Å². The van der Waals surface area contributed by atoms with Gasteiger partial charge in [-0.3, -0.25) is 0 Å². The Morgan fingerprint density at radius 3 is 2.94 bits per heavy atom. The predicted octanol–water partition coefficient (Wildman–Crippen LogP) is 0.264. The predicted molar refractivity (Wildman–Crippen MR) is 64.7 cm³/mol. The Balaban J connectivity index is 2.21. The molecular formula is C11H22N4O2. The Hall–Kier alpha value is -0.980. The van der Waals surface area contributed by atoms with Crippen molar-refractivity contribution in [2.75, 3.05) is 26.8 Å². The van der Waals surface area contributed by atoms with Gasteiger partial charge < -0.3 is 20.3 Å². The molecule has 1 aromatic rings. The van der Waals surface area contributed by atoms with Crippen molar-refractivity contribution in [2.24, 2.45) is 5.73 Å². The summed E-state index contributed by atoms with van der Waals surface area (Å²) in [5, 5.41) is 7.15. The average Bonchev–Trinajstić information content (AvgIpc) is 2.72. The maximum atomic E-state index is 5.49. The zero-order chi connectivity index (χ0) is 12.5. The molecule has 0 saturated heterocycles. The van der Waals surface area contributed by atoms with Crippen LogP contribution in [0.2, 0.25) is 0 Å². The van der Waals surface area contributed by atoms with Crippen LogP contribution in [0, 0.1) is 6.92 Å². The van der Waals surface area contributed by atoms with Crippen molar-refractivity contribution in [2.45, 2.75) is 32.2 Å². The van der Waals surface area contributed by atoms with Crippen molar-refractivity contribution >= 4 is 0 Å². The van der Waals surface area contributed by atoms with Gasteiger partial charge in [-0.15, -0.1) is 0 Å². The quantitative estimate of drug-likeness (QED) is 0.646. The molecule has 1 unspecified atom stereocenters. The van der Waals surface area contributed by atoms with Crippen LogP contribution < -0.4 is 11.1 Å². The minimum absolute atomic E-state index is 0.340. The molecule has 0 aliphatic rings. The van der Waals surface area contributed by atoms with Crippen LogP contribution >= 0.6 is 0 Å². The molecule has 1 atom stereocenters. The maximum absolute atomic E-state index is 5.49. The summed E-state index contributed by atoms with van der Waals surface area (Å²) in [6.07, 6.45) is 2.76. The first kappa shape index (κ1) is 14.1. The summed E-state index contributed by atoms with van der Waals surface area (Å²) in [6.45, 7) is 4.03. The van der Waals surface area contributed by atoms with Crippen molar-refractivity contribution in [3.8, 4) is 0 Å². The first-order valence-electron chi connectivity index (χ1n) is 5.97. The molecule has 17 heavy (non-hydrogen) atoms. The number of hydrogen-bond donors (Lipinski definition) is 2. The molecule has 0 saturated carbocycles. The van der Waals surface area contributed by atoms with Crippen LogP contribution in [-0.2, 0) is 11.2 Å². The van der Waals surface area contributed by atoms with Gasteiger partial charge in [0.2, 0.25) is 5.89 Å². The fraction of sp³-hybridized carbons (Fsp3) is 0.818. The summed E-state index contributed by atoms with van der Waals surface area (Å²) in [5.74, 6) is 1.35. The van der Waals surface area contributed by atoms with Crippen molar-refractivity contribution in [1.82, 2.24) is 15.5 Å². The number of ether oxygens (including phenoxy) is 1. The Labute approximate surface area is 102 Å². The molecule has 0 aromatic carbocycles. The highest BCUT2D eigenvalue weighted by molar-refractivity contribution is 4.83. The van der Waals surface area contributed by atoms with Crippen LogP contribution in [0.4, 0.5) is 0 Å². The van der Waals surface area contributed by atoms with E-state index in [2.05, 4.69) is 15.5 Å². The molecule has 0 radical (unpaired) electrons. The number of nitrogens with two attached hydrogens (primary N) is 1. The summed E-state index contributed by atoms with van der Waals surface area (Å²) in [5.41, 5.74) is 5.49. The second kappa shape index (κ2) is 8.16. The molecule has 6 nitrogen and oxygen atoms in total. The molecule has 0 amide bonds. The highest BCUT2D eigenvalue weighted by Crippen LogP contribution is 1.99. The number of nitrogens with zero attached hydrogens (tertiary/aromatic N) is 2. The Morgan fingerprint density at radius 2 is 2.35 bits per heavy atom. The zero-order valence-electron chi connectivity index (χ0n) is 10.6. The second-order valence-corrected chi connectivity index (χ2v) is 4.02. The third-order valence-corrected chi connectivity index (χ3v) is 2.47. The van der Waals surface area contributed by atoms with Gasteiger partial charge in [0.15, 0.2) is 5.82 Å². The van der Waals surface area contributed by atoms with E-state index in [1.54, 1.807) is 7.11 Å². The molecule has 3 N–H and O–H groups in total. The Kier molecular flexibility index (Phi) is 6.76.